The summed E-state index contributed by atoms with van der Waals surface area (Å²) in [5.74, 6) is 0.179. The maximum atomic E-state index is 10.6. The van der Waals surface area contributed by atoms with Crippen LogP contribution in [0.25, 0.3) is 11.0 Å². The molecule has 0 aliphatic rings. The topological polar surface area (TPSA) is 58.4 Å². The highest BCUT2D eigenvalue weighted by Gasteiger charge is 2.18. The van der Waals surface area contributed by atoms with Gasteiger partial charge >= 0.3 is 5.97 Å². The van der Waals surface area contributed by atoms with Gasteiger partial charge in [-0.15, -0.1) is 0 Å². The van der Waals surface area contributed by atoms with Gasteiger partial charge in [0.2, 0.25) is 0 Å². The fraction of sp³-hybridized carbons (Fsp3) is 0.429. The summed E-state index contributed by atoms with van der Waals surface area (Å²) in [5, 5.41) is 8.74. The smallest absolute Gasteiger partial charge is 0.304 e. The molecule has 102 valence electrons. The number of hydrogen-bond acceptors (Lipinski definition) is 3. The van der Waals surface area contributed by atoms with Crippen LogP contribution in [0.1, 0.15) is 25.2 Å². The Kier molecular flexibility index (Phi) is 3.85. The summed E-state index contributed by atoms with van der Waals surface area (Å²) in [5.41, 5.74) is 2.06. The molecule has 0 bridgehead atoms. The number of benzene rings is 1. The van der Waals surface area contributed by atoms with Crippen LogP contribution in [-0.2, 0) is 11.8 Å². The van der Waals surface area contributed by atoms with E-state index in [0.29, 0.717) is 6.54 Å². The van der Waals surface area contributed by atoms with Crippen molar-refractivity contribution in [1.82, 2.24) is 14.5 Å². The minimum absolute atomic E-state index is 0.0803. The number of aryl methyl sites for hydroxylation is 1. The average Bonchev–Trinajstić information content (AvgIpc) is 2.73. The average molecular weight is 261 g/mol. The van der Waals surface area contributed by atoms with Crippen molar-refractivity contribution in [3.05, 3.63) is 30.1 Å². The van der Waals surface area contributed by atoms with Crippen molar-refractivity contribution in [1.29, 1.82) is 0 Å². The molecular weight excluding hydrogens is 242 g/mol. The zero-order chi connectivity index (χ0) is 14.0. The molecule has 19 heavy (non-hydrogen) atoms. The molecule has 5 nitrogen and oxygen atoms in total. The first-order valence-corrected chi connectivity index (χ1v) is 6.34. The maximum absolute atomic E-state index is 10.6. The van der Waals surface area contributed by atoms with Crippen LogP contribution in [0, 0.1) is 0 Å². The van der Waals surface area contributed by atoms with Crippen LogP contribution < -0.4 is 0 Å². The monoisotopic (exact) mass is 261 g/mol. The quantitative estimate of drug-likeness (QED) is 0.894. The van der Waals surface area contributed by atoms with E-state index < -0.39 is 5.97 Å². The lowest BCUT2D eigenvalue weighted by Gasteiger charge is -2.23. The second kappa shape index (κ2) is 5.40. The van der Waals surface area contributed by atoms with Gasteiger partial charge in [-0.2, -0.15) is 0 Å². The standard InChI is InChI=1S/C14H19N3O2/c1-10(16(2)9-8-13(18)19)14-15-11-6-4-5-7-12(11)17(14)3/h4-7,10H,8-9H2,1-3H3,(H,18,19). The molecule has 2 rings (SSSR count). The lowest BCUT2D eigenvalue weighted by Crippen LogP contribution is -2.27. The van der Waals surface area contributed by atoms with Crippen molar-refractivity contribution in [3.8, 4) is 0 Å². The second-order valence-electron chi connectivity index (χ2n) is 4.82. The number of fused-ring (bicyclic) bond motifs is 1. The van der Waals surface area contributed by atoms with Gasteiger partial charge in [-0.05, 0) is 26.1 Å². The maximum Gasteiger partial charge on any atom is 0.304 e. The lowest BCUT2D eigenvalue weighted by molar-refractivity contribution is -0.137. The third-order valence-electron chi connectivity index (χ3n) is 3.53. The number of para-hydroxylation sites is 2. The molecule has 0 spiro atoms. The van der Waals surface area contributed by atoms with Crippen molar-refractivity contribution >= 4 is 17.0 Å². The normalized spacial score (nSPS) is 13.1. The summed E-state index contributed by atoms with van der Waals surface area (Å²) in [4.78, 5) is 17.3. The zero-order valence-electron chi connectivity index (χ0n) is 11.5. The van der Waals surface area contributed by atoms with Crippen LogP contribution in [-0.4, -0.2) is 39.1 Å². The van der Waals surface area contributed by atoms with Crippen LogP contribution in [0.2, 0.25) is 0 Å². The van der Waals surface area contributed by atoms with Gasteiger partial charge in [0.05, 0.1) is 23.5 Å². The minimum atomic E-state index is -0.774. The molecular formula is C14H19N3O2. The van der Waals surface area contributed by atoms with E-state index in [9.17, 15) is 4.79 Å². The van der Waals surface area contributed by atoms with Crippen LogP contribution in [0.15, 0.2) is 24.3 Å². The first-order valence-electron chi connectivity index (χ1n) is 6.34. The minimum Gasteiger partial charge on any atom is -0.481 e. The molecule has 0 saturated heterocycles. The number of rotatable bonds is 5. The summed E-state index contributed by atoms with van der Waals surface area (Å²) < 4.78 is 2.07. The predicted octanol–water partition coefficient (Wildman–Crippen LogP) is 2.04. The van der Waals surface area contributed by atoms with Crippen LogP contribution in [0.3, 0.4) is 0 Å². The molecule has 1 aromatic carbocycles. The molecule has 0 saturated carbocycles. The summed E-state index contributed by atoms with van der Waals surface area (Å²) in [7, 11) is 3.92. The number of carbonyl (C=O) groups is 1. The molecule has 1 heterocycles. The Balaban J connectivity index is 2.23. The highest BCUT2D eigenvalue weighted by atomic mass is 16.4. The Labute approximate surface area is 112 Å². The van der Waals surface area contributed by atoms with Crippen LogP contribution in [0.4, 0.5) is 0 Å². The van der Waals surface area contributed by atoms with E-state index in [1.54, 1.807) is 0 Å². The summed E-state index contributed by atoms with van der Waals surface area (Å²) in [6.07, 6.45) is 0.144. The number of aromatic nitrogens is 2. The van der Waals surface area contributed by atoms with Gasteiger partial charge < -0.3 is 9.67 Å². The largest absolute Gasteiger partial charge is 0.481 e. The van der Waals surface area contributed by atoms with Crippen molar-refractivity contribution in [3.63, 3.8) is 0 Å². The molecule has 5 heteroatoms. The van der Waals surface area contributed by atoms with E-state index in [1.807, 2.05) is 50.2 Å². The third-order valence-corrected chi connectivity index (χ3v) is 3.53. The van der Waals surface area contributed by atoms with E-state index >= 15 is 0 Å². The number of carboxylic acid groups (broad SMARTS) is 1. The molecule has 1 aromatic heterocycles. The van der Waals surface area contributed by atoms with Gasteiger partial charge in [0.15, 0.2) is 0 Å². The number of carboxylic acids is 1. The van der Waals surface area contributed by atoms with E-state index in [1.165, 1.54) is 0 Å². The fourth-order valence-corrected chi connectivity index (χ4v) is 2.20. The Morgan fingerprint density at radius 3 is 2.79 bits per heavy atom. The van der Waals surface area contributed by atoms with E-state index in [0.717, 1.165) is 16.9 Å². The summed E-state index contributed by atoms with van der Waals surface area (Å²) >= 11 is 0. The van der Waals surface area contributed by atoms with Gasteiger partial charge in [-0.3, -0.25) is 9.69 Å². The fourth-order valence-electron chi connectivity index (χ4n) is 2.20. The molecule has 2 aromatic rings. The first kappa shape index (κ1) is 13.5. The van der Waals surface area contributed by atoms with Crippen molar-refractivity contribution in [2.45, 2.75) is 19.4 Å². The molecule has 0 aliphatic carbocycles. The second-order valence-corrected chi connectivity index (χ2v) is 4.82. The Morgan fingerprint density at radius 1 is 1.47 bits per heavy atom. The number of hydrogen-bond donors (Lipinski definition) is 1. The molecule has 1 atom stereocenters. The van der Waals surface area contributed by atoms with Gasteiger partial charge in [-0.1, -0.05) is 12.1 Å². The molecule has 0 amide bonds. The van der Waals surface area contributed by atoms with E-state index in [4.69, 9.17) is 5.11 Å². The summed E-state index contributed by atoms with van der Waals surface area (Å²) in [6.45, 7) is 2.56. The lowest BCUT2D eigenvalue weighted by atomic mass is 10.2. The molecule has 0 radical (unpaired) electrons. The Bertz CT molecular complexity index is 591. The van der Waals surface area contributed by atoms with Crippen molar-refractivity contribution in [2.24, 2.45) is 7.05 Å². The first-order chi connectivity index (χ1) is 9.00. The number of aliphatic carboxylic acids is 1. The molecule has 1 unspecified atom stereocenters. The van der Waals surface area contributed by atoms with E-state index in [2.05, 4.69) is 9.55 Å². The van der Waals surface area contributed by atoms with Crippen molar-refractivity contribution < 1.29 is 9.90 Å². The SMILES string of the molecule is CC(c1nc2ccccc2n1C)N(C)CCC(=O)O. The Morgan fingerprint density at radius 2 is 2.16 bits per heavy atom. The highest BCUT2D eigenvalue weighted by Crippen LogP contribution is 2.22. The third kappa shape index (κ3) is 2.76. The zero-order valence-corrected chi connectivity index (χ0v) is 11.5. The van der Waals surface area contributed by atoms with Gasteiger partial charge in [0, 0.05) is 13.6 Å². The Hall–Kier alpha value is -1.88. The van der Waals surface area contributed by atoms with Crippen LogP contribution in [0.5, 0.6) is 0 Å². The van der Waals surface area contributed by atoms with Gasteiger partial charge in [-0.25, -0.2) is 4.98 Å². The number of imidazole rings is 1. The van der Waals surface area contributed by atoms with Gasteiger partial charge in [0.1, 0.15) is 5.82 Å². The summed E-state index contributed by atoms with van der Waals surface area (Å²) in [6, 6.07) is 8.07. The molecule has 0 aliphatic heterocycles. The van der Waals surface area contributed by atoms with E-state index in [-0.39, 0.29) is 12.5 Å². The van der Waals surface area contributed by atoms with Gasteiger partial charge in [0.25, 0.3) is 0 Å². The highest BCUT2D eigenvalue weighted by molar-refractivity contribution is 5.75. The molecule has 1 N–H and O–H groups in total. The van der Waals surface area contributed by atoms with Crippen LogP contribution >= 0.6 is 0 Å². The predicted molar refractivity (Wildman–Crippen MR) is 74.0 cm³/mol. The number of nitrogens with zero attached hydrogens (tertiary/aromatic N) is 3. The van der Waals surface area contributed by atoms with Crippen molar-refractivity contribution in [2.75, 3.05) is 13.6 Å². The molecule has 0 fully saturated rings.